The molecular formula is C28H48BN5O5. The van der Waals surface area contributed by atoms with Crippen LogP contribution in [0.3, 0.4) is 0 Å². The minimum Gasteiger partial charge on any atom is -0.444 e. The van der Waals surface area contributed by atoms with Crippen molar-refractivity contribution < 1.29 is 23.6 Å². The second kappa shape index (κ2) is 11.6. The summed E-state index contributed by atoms with van der Waals surface area (Å²) in [5.41, 5.74) is -0.747. The van der Waals surface area contributed by atoms with Crippen molar-refractivity contribution in [3.05, 3.63) is 12.4 Å². The van der Waals surface area contributed by atoms with Gasteiger partial charge in [0.25, 0.3) is 0 Å². The van der Waals surface area contributed by atoms with E-state index in [2.05, 4.69) is 34.0 Å². The molecule has 0 spiro atoms. The zero-order valence-corrected chi connectivity index (χ0v) is 25.7. The number of nitrogens with zero attached hydrogens (tertiary/aromatic N) is 4. The highest BCUT2D eigenvalue weighted by atomic mass is 16.7. The summed E-state index contributed by atoms with van der Waals surface area (Å²) in [4.78, 5) is 39.5. The lowest BCUT2D eigenvalue weighted by Gasteiger charge is -2.35. The number of carbonyl (C=O) groups is 2. The van der Waals surface area contributed by atoms with Crippen molar-refractivity contribution in [2.45, 2.75) is 124 Å². The Hall–Kier alpha value is -2.40. The number of hydrogen-bond donors (Lipinski definition) is 1. The highest BCUT2D eigenvalue weighted by Gasteiger charge is 2.52. The minimum absolute atomic E-state index is 0.0204. The van der Waals surface area contributed by atoms with E-state index in [9.17, 15) is 9.59 Å². The number of anilines is 1. The van der Waals surface area contributed by atoms with Crippen LogP contribution in [0.1, 0.15) is 89.0 Å². The van der Waals surface area contributed by atoms with Crippen LogP contribution in [0.25, 0.3) is 0 Å². The maximum atomic E-state index is 13.7. The predicted octanol–water partition coefficient (Wildman–Crippen LogP) is 3.53. The van der Waals surface area contributed by atoms with Crippen LogP contribution in [0, 0.1) is 5.92 Å². The van der Waals surface area contributed by atoms with Crippen LogP contribution in [0.5, 0.6) is 0 Å². The van der Waals surface area contributed by atoms with Gasteiger partial charge in [-0.05, 0) is 81.1 Å². The highest BCUT2D eigenvalue weighted by Crippen LogP contribution is 2.36. The van der Waals surface area contributed by atoms with Crippen LogP contribution in [0.15, 0.2) is 12.4 Å². The number of ether oxygens (including phenoxy) is 1. The van der Waals surface area contributed by atoms with Crippen molar-refractivity contribution in [1.82, 2.24) is 20.2 Å². The smallest absolute Gasteiger partial charge is 0.444 e. The van der Waals surface area contributed by atoms with Gasteiger partial charge in [-0.25, -0.2) is 14.8 Å². The average Bonchev–Trinajstić information content (AvgIpc) is 3.35. The third kappa shape index (κ3) is 7.42. The summed E-state index contributed by atoms with van der Waals surface area (Å²) in [6, 6.07) is -0.567. The highest BCUT2D eigenvalue weighted by molar-refractivity contribution is 6.61. The van der Waals surface area contributed by atoms with Crippen LogP contribution in [0.4, 0.5) is 10.7 Å². The Labute approximate surface area is 234 Å². The van der Waals surface area contributed by atoms with Gasteiger partial charge in [-0.1, -0.05) is 13.8 Å². The molecule has 11 heteroatoms. The molecule has 2 fully saturated rings. The molecule has 10 nitrogen and oxygen atoms in total. The van der Waals surface area contributed by atoms with Crippen LogP contribution >= 0.6 is 0 Å². The monoisotopic (exact) mass is 545 g/mol. The summed E-state index contributed by atoms with van der Waals surface area (Å²) < 4.78 is 17.7. The van der Waals surface area contributed by atoms with Crippen LogP contribution < -0.4 is 15.7 Å². The van der Waals surface area contributed by atoms with Gasteiger partial charge in [-0.2, -0.15) is 0 Å². The Morgan fingerprint density at radius 3 is 2.18 bits per heavy atom. The summed E-state index contributed by atoms with van der Waals surface area (Å²) in [6.45, 7) is 22.8. The number of likely N-dealkylation sites (tertiary alicyclic amines) is 1. The quantitative estimate of drug-likeness (QED) is 0.495. The van der Waals surface area contributed by atoms with Gasteiger partial charge in [-0.15, -0.1) is 0 Å². The summed E-state index contributed by atoms with van der Waals surface area (Å²) in [5, 5.41) is 2.81. The van der Waals surface area contributed by atoms with Crippen molar-refractivity contribution in [1.29, 1.82) is 0 Å². The molecule has 2 atom stereocenters. The fraction of sp³-hybridized carbons (Fsp3) is 0.786. The number of rotatable bonds is 8. The number of carbonyl (C=O) groups excluding carboxylic acids is 2. The molecule has 218 valence electrons. The molecule has 1 N–H and O–H groups in total. The number of amides is 2. The Kier molecular flexibility index (Phi) is 9.27. The standard InChI is InChI=1S/C28H48BN5O5/c1-18(2)22(32-25(36)37-26(5,6)7)23(35)33-14-12-13-21(33)17-34(19(3)4)24-30-15-20(16-31-24)29-38-27(8,9)28(10,11)39-29/h15-16,18-19,21-22H,12-14,17H2,1-11H3,(H,32,36)/t21-,22-/m1/s1. The maximum absolute atomic E-state index is 13.7. The lowest BCUT2D eigenvalue weighted by Crippen LogP contribution is -2.55. The third-order valence-electron chi connectivity index (χ3n) is 7.74. The fourth-order valence-corrected chi connectivity index (χ4v) is 4.77. The molecule has 39 heavy (non-hydrogen) atoms. The molecule has 0 saturated carbocycles. The molecule has 2 amide bonds. The molecule has 2 aliphatic rings. The summed E-state index contributed by atoms with van der Waals surface area (Å²) in [7, 11) is -0.523. The first-order valence-electron chi connectivity index (χ1n) is 14.2. The van der Waals surface area contributed by atoms with Crippen molar-refractivity contribution in [3.63, 3.8) is 0 Å². The SMILES string of the molecule is CC(C)[C@@H](NC(=O)OC(C)(C)C)C(=O)N1CCC[C@@H]1CN(c1ncc(B2OC(C)(C)C(C)(C)O2)cn1)C(C)C. The van der Waals surface area contributed by atoms with E-state index in [-0.39, 0.29) is 23.9 Å². The molecule has 3 heterocycles. The molecule has 3 rings (SSSR count). The van der Waals surface area contributed by atoms with E-state index in [1.54, 1.807) is 33.2 Å². The molecule has 0 aliphatic carbocycles. The molecule has 0 bridgehead atoms. The average molecular weight is 546 g/mol. The van der Waals surface area contributed by atoms with Crippen molar-refractivity contribution in [3.8, 4) is 0 Å². The van der Waals surface area contributed by atoms with E-state index in [4.69, 9.17) is 14.0 Å². The first-order valence-corrected chi connectivity index (χ1v) is 14.2. The Balaban J connectivity index is 1.72. The first kappa shape index (κ1) is 31.1. The Bertz CT molecular complexity index is 993. The van der Waals surface area contributed by atoms with Gasteiger partial charge in [0.15, 0.2) is 0 Å². The maximum Gasteiger partial charge on any atom is 0.498 e. The van der Waals surface area contributed by atoms with Gasteiger partial charge >= 0.3 is 13.2 Å². The summed E-state index contributed by atoms with van der Waals surface area (Å²) in [6.07, 6.45) is 4.72. The molecule has 0 unspecified atom stereocenters. The second-order valence-corrected chi connectivity index (χ2v) is 13.3. The minimum atomic E-state index is -0.664. The normalized spacial score (nSPS) is 21.4. The van der Waals surface area contributed by atoms with Crippen LogP contribution in [-0.4, -0.2) is 82.0 Å². The zero-order chi connectivity index (χ0) is 29.3. The van der Waals surface area contributed by atoms with E-state index in [0.29, 0.717) is 19.0 Å². The largest absolute Gasteiger partial charge is 0.498 e. The van der Waals surface area contributed by atoms with Gasteiger partial charge in [0.1, 0.15) is 11.6 Å². The van der Waals surface area contributed by atoms with Crippen LogP contribution in [-0.2, 0) is 18.8 Å². The van der Waals surface area contributed by atoms with Crippen molar-refractivity contribution in [2.75, 3.05) is 18.0 Å². The number of alkyl carbamates (subject to hydrolysis) is 1. The predicted molar refractivity (Wildman–Crippen MR) is 153 cm³/mol. The number of nitrogens with one attached hydrogen (secondary N) is 1. The third-order valence-corrected chi connectivity index (χ3v) is 7.74. The molecule has 0 aromatic carbocycles. The molecule has 2 aliphatic heterocycles. The summed E-state index contributed by atoms with van der Waals surface area (Å²) >= 11 is 0. The van der Waals surface area contributed by atoms with E-state index >= 15 is 0 Å². The molecule has 1 aromatic rings. The van der Waals surface area contributed by atoms with E-state index < -0.39 is 36.1 Å². The van der Waals surface area contributed by atoms with Gasteiger partial charge in [0.2, 0.25) is 11.9 Å². The molecule has 0 radical (unpaired) electrons. The van der Waals surface area contributed by atoms with Gasteiger partial charge in [0.05, 0.1) is 11.2 Å². The molecule has 1 aromatic heterocycles. The van der Waals surface area contributed by atoms with E-state index in [1.807, 2.05) is 46.4 Å². The molecular weight excluding hydrogens is 497 g/mol. The van der Waals surface area contributed by atoms with E-state index in [0.717, 1.165) is 18.3 Å². The number of hydrogen-bond acceptors (Lipinski definition) is 8. The van der Waals surface area contributed by atoms with E-state index in [1.165, 1.54) is 0 Å². The van der Waals surface area contributed by atoms with Gasteiger partial charge < -0.3 is 29.2 Å². The molecule has 2 saturated heterocycles. The fourth-order valence-electron chi connectivity index (χ4n) is 4.77. The van der Waals surface area contributed by atoms with Crippen molar-refractivity contribution >= 4 is 30.5 Å². The Morgan fingerprint density at radius 1 is 1.13 bits per heavy atom. The number of aromatic nitrogens is 2. The van der Waals surface area contributed by atoms with Crippen LogP contribution in [0.2, 0.25) is 0 Å². The van der Waals surface area contributed by atoms with Gasteiger partial charge in [0, 0.05) is 43.0 Å². The van der Waals surface area contributed by atoms with Crippen molar-refractivity contribution in [2.24, 2.45) is 5.92 Å². The summed E-state index contributed by atoms with van der Waals surface area (Å²) in [5.74, 6) is 0.425. The lowest BCUT2D eigenvalue weighted by atomic mass is 9.81. The second-order valence-electron chi connectivity index (χ2n) is 13.3. The lowest BCUT2D eigenvalue weighted by molar-refractivity contribution is -0.135. The Morgan fingerprint density at radius 2 is 1.69 bits per heavy atom. The topological polar surface area (TPSA) is 106 Å². The zero-order valence-electron chi connectivity index (χ0n) is 25.7. The van der Waals surface area contributed by atoms with Gasteiger partial charge in [-0.3, -0.25) is 4.79 Å². The first-order chi connectivity index (χ1) is 17.9.